The lowest BCUT2D eigenvalue weighted by molar-refractivity contribution is 1.18. The van der Waals surface area contributed by atoms with E-state index >= 15 is 0 Å². The van der Waals surface area contributed by atoms with Gasteiger partial charge in [-0.1, -0.05) is 176 Å². The summed E-state index contributed by atoms with van der Waals surface area (Å²) in [4.78, 5) is 10.3. The summed E-state index contributed by atoms with van der Waals surface area (Å²) < 4.78 is 0. The van der Waals surface area contributed by atoms with Gasteiger partial charge in [-0.05, 0) is 85.6 Å². The van der Waals surface area contributed by atoms with Gasteiger partial charge in [0.2, 0.25) is 0 Å². The van der Waals surface area contributed by atoms with Crippen LogP contribution in [0.1, 0.15) is 0 Å². The highest BCUT2D eigenvalue weighted by atomic mass is 14.9. The molecule has 1 heterocycles. The van der Waals surface area contributed by atoms with Gasteiger partial charge < -0.3 is 0 Å². The van der Waals surface area contributed by atoms with Crippen LogP contribution in [0.2, 0.25) is 0 Å². The molecule has 0 radical (unpaired) electrons. The van der Waals surface area contributed by atoms with Gasteiger partial charge in [0.05, 0.1) is 11.4 Å². The fourth-order valence-electron chi connectivity index (χ4n) is 7.02. The third kappa shape index (κ3) is 6.30. The number of nitrogens with zero attached hydrogens (tertiary/aromatic N) is 2. The van der Waals surface area contributed by atoms with E-state index in [2.05, 4.69) is 200 Å². The van der Waals surface area contributed by atoms with E-state index in [4.69, 9.17) is 9.97 Å². The predicted molar refractivity (Wildman–Crippen MR) is 218 cm³/mol. The molecule has 0 saturated heterocycles. The van der Waals surface area contributed by atoms with Crippen LogP contribution in [-0.2, 0) is 0 Å². The van der Waals surface area contributed by atoms with Crippen LogP contribution < -0.4 is 0 Å². The summed E-state index contributed by atoms with van der Waals surface area (Å²) >= 11 is 0. The Kier molecular flexibility index (Phi) is 8.24. The largest absolute Gasteiger partial charge is 0.228 e. The average Bonchev–Trinajstić information content (AvgIpc) is 3.24. The number of hydrogen-bond donors (Lipinski definition) is 0. The third-order valence-electron chi connectivity index (χ3n) is 9.68. The molecular formula is C50H34N2. The van der Waals surface area contributed by atoms with Crippen molar-refractivity contribution in [2.24, 2.45) is 0 Å². The van der Waals surface area contributed by atoms with Crippen LogP contribution in [0.3, 0.4) is 0 Å². The Morgan fingerprint density at radius 3 is 1.21 bits per heavy atom. The first-order valence-electron chi connectivity index (χ1n) is 17.6. The molecule has 2 heteroatoms. The fraction of sp³-hybridized carbons (Fsp3) is 0. The maximum atomic E-state index is 5.20. The second-order valence-corrected chi connectivity index (χ2v) is 13.0. The Labute approximate surface area is 304 Å². The highest BCUT2D eigenvalue weighted by Crippen LogP contribution is 2.35. The van der Waals surface area contributed by atoms with Crippen LogP contribution in [0.25, 0.3) is 89.2 Å². The van der Waals surface area contributed by atoms with Crippen LogP contribution in [0.5, 0.6) is 0 Å². The van der Waals surface area contributed by atoms with Crippen LogP contribution in [0.15, 0.2) is 206 Å². The molecule has 9 rings (SSSR count). The zero-order chi connectivity index (χ0) is 34.7. The molecular weight excluding hydrogens is 629 g/mol. The molecule has 8 aromatic carbocycles. The SMILES string of the molecule is c1ccc(-c2cccc(-c3cccc(-c4cccc(-c5cccc(-c6nc(-c7ccccc7)cc(-c7cccc8ccccc78)n6)c5)c4)c3)c2)cc1. The smallest absolute Gasteiger partial charge is 0.160 e. The minimum absolute atomic E-state index is 0.702. The Bertz CT molecular complexity index is 2670. The van der Waals surface area contributed by atoms with Gasteiger partial charge in [0.25, 0.3) is 0 Å². The van der Waals surface area contributed by atoms with Gasteiger partial charge in [-0.25, -0.2) is 9.97 Å². The molecule has 9 aromatic rings. The van der Waals surface area contributed by atoms with Crippen molar-refractivity contribution in [1.82, 2.24) is 9.97 Å². The van der Waals surface area contributed by atoms with Gasteiger partial charge in [-0.3, -0.25) is 0 Å². The second kappa shape index (κ2) is 13.8. The lowest BCUT2D eigenvalue weighted by atomic mass is 9.94. The van der Waals surface area contributed by atoms with E-state index in [0.717, 1.165) is 39.2 Å². The Balaban J connectivity index is 1.08. The standard InChI is InChI=1S/C50H34N2/c1-3-14-35(15-4-1)38-20-9-21-39(30-38)40-22-10-23-41(31-40)42-24-11-25-43(32-42)44-26-12-27-45(33-44)50-51-48(37-17-5-2-6-18-37)34-49(52-50)47-29-13-19-36-16-7-8-28-46(36)47/h1-34H. The first-order valence-corrected chi connectivity index (χ1v) is 17.6. The first-order chi connectivity index (χ1) is 25.7. The van der Waals surface area contributed by atoms with Crippen molar-refractivity contribution in [3.63, 3.8) is 0 Å². The summed E-state index contributed by atoms with van der Waals surface area (Å²) in [6, 6.07) is 72.9. The minimum atomic E-state index is 0.702. The van der Waals surface area contributed by atoms with Crippen molar-refractivity contribution in [2.45, 2.75) is 0 Å². The lowest BCUT2D eigenvalue weighted by Gasteiger charge is -2.12. The summed E-state index contributed by atoms with van der Waals surface area (Å²) in [5.41, 5.74) is 14.4. The molecule has 0 N–H and O–H groups in total. The summed E-state index contributed by atoms with van der Waals surface area (Å²) in [6.07, 6.45) is 0. The zero-order valence-electron chi connectivity index (χ0n) is 28.5. The molecule has 0 amide bonds. The monoisotopic (exact) mass is 662 g/mol. The number of rotatable bonds is 7. The maximum absolute atomic E-state index is 5.20. The van der Waals surface area contributed by atoms with Crippen molar-refractivity contribution >= 4 is 10.8 Å². The summed E-state index contributed by atoms with van der Waals surface area (Å²) in [6.45, 7) is 0. The first kappa shape index (κ1) is 31.1. The molecule has 0 fully saturated rings. The molecule has 0 spiro atoms. The summed E-state index contributed by atoms with van der Waals surface area (Å²) in [7, 11) is 0. The molecule has 0 unspecified atom stereocenters. The number of fused-ring (bicyclic) bond motifs is 1. The summed E-state index contributed by atoms with van der Waals surface area (Å²) in [5, 5.41) is 2.36. The highest BCUT2D eigenvalue weighted by molar-refractivity contribution is 5.96. The van der Waals surface area contributed by atoms with E-state index in [0.29, 0.717) is 5.82 Å². The molecule has 0 aliphatic carbocycles. The predicted octanol–water partition coefficient (Wildman–Crippen LogP) is 13.3. The fourth-order valence-corrected chi connectivity index (χ4v) is 7.02. The van der Waals surface area contributed by atoms with Crippen LogP contribution in [-0.4, -0.2) is 9.97 Å². The minimum Gasteiger partial charge on any atom is -0.228 e. The van der Waals surface area contributed by atoms with Gasteiger partial charge in [0.15, 0.2) is 5.82 Å². The Morgan fingerprint density at radius 2 is 0.635 bits per heavy atom. The molecule has 1 aromatic heterocycles. The van der Waals surface area contributed by atoms with Crippen molar-refractivity contribution in [3.05, 3.63) is 206 Å². The lowest BCUT2D eigenvalue weighted by Crippen LogP contribution is -1.96. The number of benzene rings is 8. The van der Waals surface area contributed by atoms with Gasteiger partial charge in [-0.2, -0.15) is 0 Å². The number of aromatic nitrogens is 2. The third-order valence-corrected chi connectivity index (χ3v) is 9.68. The normalized spacial score (nSPS) is 11.1. The van der Waals surface area contributed by atoms with E-state index in [9.17, 15) is 0 Å². The van der Waals surface area contributed by atoms with Crippen molar-refractivity contribution < 1.29 is 0 Å². The van der Waals surface area contributed by atoms with Gasteiger partial charge >= 0.3 is 0 Å². The Morgan fingerprint density at radius 1 is 0.250 bits per heavy atom. The van der Waals surface area contributed by atoms with Gasteiger partial charge in [0, 0.05) is 16.7 Å². The molecule has 0 bridgehead atoms. The molecule has 244 valence electrons. The van der Waals surface area contributed by atoms with Crippen LogP contribution in [0.4, 0.5) is 0 Å². The van der Waals surface area contributed by atoms with Crippen molar-refractivity contribution in [1.29, 1.82) is 0 Å². The second-order valence-electron chi connectivity index (χ2n) is 13.0. The van der Waals surface area contributed by atoms with Gasteiger partial charge in [-0.15, -0.1) is 0 Å². The van der Waals surface area contributed by atoms with Crippen LogP contribution >= 0.6 is 0 Å². The van der Waals surface area contributed by atoms with E-state index in [1.54, 1.807) is 0 Å². The topological polar surface area (TPSA) is 25.8 Å². The molecule has 2 nitrogen and oxygen atoms in total. The molecule has 0 aliphatic heterocycles. The average molecular weight is 663 g/mol. The van der Waals surface area contributed by atoms with Crippen LogP contribution in [0, 0.1) is 0 Å². The van der Waals surface area contributed by atoms with Crippen molar-refractivity contribution in [3.8, 4) is 78.4 Å². The quantitative estimate of drug-likeness (QED) is 0.170. The molecule has 0 atom stereocenters. The molecule has 0 aliphatic rings. The molecule has 52 heavy (non-hydrogen) atoms. The van der Waals surface area contributed by atoms with E-state index < -0.39 is 0 Å². The van der Waals surface area contributed by atoms with E-state index in [-0.39, 0.29) is 0 Å². The molecule has 0 saturated carbocycles. The van der Waals surface area contributed by atoms with Gasteiger partial charge in [0.1, 0.15) is 0 Å². The van der Waals surface area contributed by atoms with E-state index in [1.165, 1.54) is 44.2 Å². The highest BCUT2D eigenvalue weighted by Gasteiger charge is 2.14. The zero-order valence-corrected chi connectivity index (χ0v) is 28.5. The van der Waals surface area contributed by atoms with Crippen molar-refractivity contribution in [2.75, 3.05) is 0 Å². The van der Waals surface area contributed by atoms with E-state index in [1.807, 2.05) is 6.07 Å². The Hall–Kier alpha value is -6.90. The maximum Gasteiger partial charge on any atom is 0.160 e. The number of hydrogen-bond acceptors (Lipinski definition) is 2. The summed E-state index contributed by atoms with van der Waals surface area (Å²) in [5.74, 6) is 0.702.